The first-order valence-corrected chi connectivity index (χ1v) is 18.3. The monoisotopic (exact) mass is 712 g/mol. The van der Waals surface area contributed by atoms with E-state index in [-0.39, 0.29) is 37.1 Å². The molecule has 51 heavy (non-hydrogen) atoms. The number of aliphatic hydroxyl groups excluding tert-OH is 1. The number of rotatable bonds is 16. The average molecular weight is 713 g/mol. The molecule has 2 atom stereocenters. The standard InChI is InChI=1S/C41H45FN2O6S/c1-40(2,3)50-36(46)22-23-41(39(47)43-24-27-51-28-29-10-18-34(42)19-11-29)37(32-14-12-31(13-15-32)30-8-5-4-6-9-30)49-38(44-41)33-16-20-35(21-17-33)48-26-7-25-45/h4-6,8-21,37,45H,7,22-28H2,1-3H3,(H,43,47)/t37-,41-/m1/s1. The number of carbonyl (C=O) groups excluding carboxylic acids is 2. The van der Waals surface area contributed by atoms with Crippen LogP contribution < -0.4 is 10.1 Å². The van der Waals surface area contributed by atoms with Crippen LogP contribution in [0.25, 0.3) is 11.1 Å². The van der Waals surface area contributed by atoms with Gasteiger partial charge in [0.25, 0.3) is 5.91 Å². The van der Waals surface area contributed by atoms with Crippen LogP contribution in [0, 0.1) is 5.82 Å². The fraction of sp³-hybridized carbons (Fsp3) is 0.341. The molecule has 0 spiro atoms. The van der Waals surface area contributed by atoms with E-state index >= 15 is 0 Å². The number of thioether (sulfide) groups is 1. The van der Waals surface area contributed by atoms with Crippen molar-refractivity contribution >= 4 is 29.5 Å². The quantitative estimate of drug-likeness (QED) is 0.0907. The van der Waals surface area contributed by atoms with Crippen LogP contribution in [-0.2, 0) is 24.8 Å². The van der Waals surface area contributed by atoms with E-state index in [1.165, 1.54) is 12.1 Å². The van der Waals surface area contributed by atoms with Gasteiger partial charge in [-0.2, -0.15) is 11.8 Å². The summed E-state index contributed by atoms with van der Waals surface area (Å²) in [6, 6.07) is 31.5. The number of ether oxygens (including phenoxy) is 3. The third-order valence-electron chi connectivity index (χ3n) is 8.19. The van der Waals surface area contributed by atoms with Crippen LogP contribution in [0.15, 0.2) is 108 Å². The van der Waals surface area contributed by atoms with E-state index in [0.29, 0.717) is 42.4 Å². The number of esters is 1. The lowest BCUT2D eigenvalue weighted by atomic mass is 9.83. The highest BCUT2D eigenvalue weighted by atomic mass is 32.2. The fourth-order valence-corrected chi connectivity index (χ4v) is 6.52. The Morgan fingerprint density at radius 1 is 0.922 bits per heavy atom. The Morgan fingerprint density at radius 2 is 1.59 bits per heavy atom. The topological polar surface area (TPSA) is 106 Å². The lowest BCUT2D eigenvalue weighted by molar-refractivity contribution is -0.155. The molecule has 8 nitrogen and oxygen atoms in total. The van der Waals surface area contributed by atoms with Crippen molar-refractivity contribution in [2.75, 3.05) is 25.5 Å². The van der Waals surface area contributed by atoms with E-state index < -0.39 is 23.2 Å². The first-order valence-electron chi connectivity index (χ1n) is 17.1. The maximum absolute atomic E-state index is 14.4. The van der Waals surface area contributed by atoms with Gasteiger partial charge in [0.1, 0.15) is 17.2 Å². The van der Waals surface area contributed by atoms with Gasteiger partial charge in [-0.15, -0.1) is 0 Å². The summed E-state index contributed by atoms with van der Waals surface area (Å²) in [7, 11) is 0. The number of aliphatic imine (C=N–C) groups is 1. The number of hydrogen-bond acceptors (Lipinski definition) is 8. The summed E-state index contributed by atoms with van der Waals surface area (Å²) in [5.41, 5.74) is 2.27. The number of carbonyl (C=O) groups is 2. The molecule has 4 aromatic carbocycles. The third kappa shape index (κ3) is 10.4. The second-order valence-corrected chi connectivity index (χ2v) is 14.4. The summed E-state index contributed by atoms with van der Waals surface area (Å²) in [5, 5.41) is 12.2. The van der Waals surface area contributed by atoms with Gasteiger partial charge >= 0.3 is 5.97 Å². The fourth-order valence-electron chi connectivity index (χ4n) is 5.70. The molecule has 268 valence electrons. The molecule has 4 aromatic rings. The van der Waals surface area contributed by atoms with Gasteiger partial charge in [-0.3, -0.25) is 9.59 Å². The first kappa shape index (κ1) is 37.6. The SMILES string of the molecule is CC(C)(C)OC(=O)CC[C@@]1(C(=O)NCCSCc2ccc(F)cc2)N=C(c2ccc(OCCCO)cc2)O[C@@H]1c1ccc(-c2ccccc2)cc1. The van der Waals surface area contributed by atoms with E-state index in [9.17, 15) is 14.0 Å². The minimum atomic E-state index is -1.49. The largest absolute Gasteiger partial charge is 0.494 e. The van der Waals surface area contributed by atoms with Crippen LogP contribution >= 0.6 is 11.8 Å². The number of aliphatic hydroxyl groups is 1. The van der Waals surface area contributed by atoms with Crippen molar-refractivity contribution in [3.63, 3.8) is 0 Å². The van der Waals surface area contributed by atoms with Crippen molar-refractivity contribution in [1.82, 2.24) is 5.32 Å². The lowest BCUT2D eigenvalue weighted by Gasteiger charge is -2.31. The van der Waals surface area contributed by atoms with Gasteiger partial charge in [0.15, 0.2) is 11.6 Å². The predicted octanol–water partition coefficient (Wildman–Crippen LogP) is 7.68. The zero-order valence-electron chi connectivity index (χ0n) is 29.3. The number of benzene rings is 4. The molecule has 0 aromatic heterocycles. The molecule has 1 aliphatic heterocycles. The maximum atomic E-state index is 14.4. The van der Waals surface area contributed by atoms with Crippen molar-refractivity contribution in [1.29, 1.82) is 0 Å². The van der Waals surface area contributed by atoms with Gasteiger partial charge in [0.2, 0.25) is 5.90 Å². The van der Waals surface area contributed by atoms with Crippen molar-refractivity contribution in [3.05, 3.63) is 126 Å². The first-order chi connectivity index (χ1) is 24.6. The second kappa shape index (κ2) is 17.5. The van der Waals surface area contributed by atoms with Crippen LogP contribution in [-0.4, -0.2) is 59.5 Å². The van der Waals surface area contributed by atoms with Gasteiger partial charge < -0.3 is 24.6 Å². The molecule has 0 bridgehead atoms. The van der Waals surface area contributed by atoms with Gasteiger partial charge in [0.05, 0.1) is 6.61 Å². The summed E-state index contributed by atoms with van der Waals surface area (Å²) in [6.07, 6.45) is -0.331. The molecule has 0 radical (unpaired) electrons. The van der Waals surface area contributed by atoms with Gasteiger partial charge in [-0.05, 0) is 85.8 Å². The smallest absolute Gasteiger partial charge is 0.306 e. The normalized spacial score (nSPS) is 17.0. The minimum absolute atomic E-state index is 0.0385. The average Bonchev–Trinajstić information content (AvgIpc) is 3.52. The Bertz CT molecular complexity index is 1760. The number of halogens is 1. The number of nitrogens with one attached hydrogen (secondary N) is 1. The summed E-state index contributed by atoms with van der Waals surface area (Å²) in [4.78, 5) is 32.5. The lowest BCUT2D eigenvalue weighted by Crippen LogP contribution is -2.49. The third-order valence-corrected chi connectivity index (χ3v) is 9.22. The Hall–Kier alpha value is -4.67. The Kier molecular flexibility index (Phi) is 12.9. The molecule has 1 heterocycles. The highest BCUT2D eigenvalue weighted by Crippen LogP contribution is 2.44. The van der Waals surface area contributed by atoms with Crippen molar-refractivity contribution < 1.29 is 33.3 Å². The molecule has 0 unspecified atom stereocenters. The zero-order chi connectivity index (χ0) is 36.3. The Balaban J connectivity index is 1.44. The molecular formula is C41H45FN2O6S. The van der Waals surface area contributed by atoms with Crippen molar-refractivity contribution in [3.8, 4) is 16.9 Å². The second-order valence-electron chi connectivity index (χ2n) is 13.3. The summed E-state index contributed by atoms with van der Waals surface area (Å²) in [5.74, 6) is 1.11. The van der Waals surface area contributed by atoms with E-state index in [2.05, 4.69) is 5.32 Å². The Morgan fingerprint density at radius 3 is 2.25 bits per heavy atom. The molecule has 5 rings (SSSR count). The molecule has 10 heteroatoms. The minimum Gasteiger partial charge on any atom is -0.494 e. The van der Waals surface area contributed by atoms with E-state index in [1.807, 2.05) is 66.7 Å². The molecule has 0 saturated carbocycles. The number of amides is 1. The van der Waals surface area contributed by atoms with Gasteiger partial charge in [0, 0.05) is 43.1 Å². The van der Waals surface area contributed by atoms with Crippen LogP contribution in [0.2, 0.25) is 0 Å². The van der Waals surface area contributed by atoms with Crippen LogP contribution in [0.1, 0.15) is 62.8 Å². The summed E-state index contributed by atoms with van der Waals surface area (Å²) < 4.78 is 31.3. The molecule has 2 N–H and O–H groups in total. The maximum Gasteiger partial charge on any atom is 0.306 e. The molecule has 0 saturated heterocycles. The molecule has 1 aliphatic rings. The zero-order valence-corrected chi connectivity index (χ0v) is 30.1. The molecular weight excluding hydrogens is 668 g/mol. The van der Waals surface area contributed by atoms with Crippen LogP contribution in [0.4, 0.5) is 4.39 Å². The van der Waals surface area contributed by atoms with Gasteiger partial charge in [-0.25, -0.2) is 9.38 Å². The van der Waals surface area contributed by atoms with Crippen LogP contribution in [0.3, 0.4) is 0 Å². The van der Waals surface area contributed by atoms with E-state index in [1.54, 1.807) is 56.8 Å². The Labute approximate surface area is 303 Å². The molecule has 0 aliphatic carbocycles. The molecule has 0 fully saturated rings. The highest BCUT2D eigenvalue weighted by Gasteiger charge is 2.53. The van der Waals surface area contributed by atoms with Crippen molar-refractivity contribution in [2.24, 2.45) is 4.99 Å². The summed E-state index contributed by atoms with van der Waals surface area (Å²) in [6.45, 7) is 6.19. The number of hydrogen-bond donors (Lipinski definition) is 2. The van der Waals surface area contributed by atoms with E-state index in [4.69, 9.17) is 24.3 Å². The van der Waals surface area contributed by atoms with E-state index in [0.717, 1.165) is 22.3 Å². The van der Waals surface area contributed by atoms with Crippen LogP contribution in [0.5, 0.6) is 5.75 Å². The highest BCUT2D eigenvalue weighted by molar-refractivity contribution is 7.98. The van der Waals surface area contributed by atoms with Gasteiger partial charge in [-0.1, -0.05) is 66.7 Å². The predicted molar refractivity (Wildman–Crippen MR) is 199 cm³/mol. The number of nitrogens with zero attached hydrogens (tertiary/aromatic N) is 1. The molecule has 1 amide bonds. The van der Waals surface area contributed by atoms with Crippen molar-refractivity contribution in [2.45, 2.75) is 63.0 Å². The summed E-state index contributed by atoms with van der Waals surface area (Å²) >= 11 is 1.62.